The lowest BCUT2D eigenvalue weighted by Crippen LogP contribution is -2.23. The standard InChI is InChI=1S/C14H22O2/c1-3-11(4-2)7-5-8-12(15)14-10-6-9-13(14)16-14/h7,13H,3-6,8-10H2,1-2H3. The highest BCUT2D eigenvalue weighted by Gasteiger charge is 2.63. The largest absolute Gasteiger partial charge is 0.358 e. The second-order valence-electron chi connectivity index (χ2n) is 4.92. The Balaban J connectivity index is 1.79. The van der Waals surface area contributed by atoms with E-state index in [2.05, 4.69) is 19.9 Å². The van der Waals surface area contributed by atoms with Gasteiger partial charge in [0, 0.05) is 6.42 Å². The SMILES string of the molecule is CCC(=CCCC(=O)C12CCCC1O2)CC. The Kier molecular flexibility index (Phi) is 3.48. The summed E-state index contributed by atoms with van der Waals surface area (Å²) in [7, 11) is 0. The molecule has 1 aliphatic carbocycles. The van der Waals surface area contributed by atoms with E-state index in [1.165, 1.54) is 12.0 Å². The van der Waals surface area contributed by atoms with Crippen LogP contribution in [-0.2, 0) is 9.53 Å². The topological polar surface area (TPSA) is 29.6 Å². The van der Waals surface area contributed by atoms with Crippen molar-refractivity contribution in [3.63, 3.8) is 0 Å². The number of allylic oxidation sites excluding steroid dienone is 2. The van der Waals surface area contributed by atoms with Crippen molar-refractivity contribution in [3.05, 3.63) is 11.6 Å². The summed E-state index contributed by atoms with van der Waals surface area (Å²) in [5, 5.41) is 0. The van der Waals surface area contributed by atoms with Crippen molar-refractivity contribution >= 4 is 5.78 Å². The van der Waals surface area contributed by atoms with Crippen LogP contribution in [0.2, 0.25) is 0 Å². The van der Waals surface area contributed by atoms with Gasteiger partial charge in [-0.15, -0.1) is 0 Å². The van der Waals surface area contributed by atoms with Crippen LogP contribution in [-0.4, -0.2) is 17.5 Å². The first kappa shape index (κ1) is 11.8. The molecule has 2 nitrogen and oxygen atoms in total. The molecular formula is C14H22O2. The first-order valence-electron chi connectivity index (χ1n) is 6.62. The smallest absolute Gasteiger partial charge is 0.167 e. The van der Waals surface area contributed by atoms with Gasteiger partial charge in [0.25, 0.3) is 0 Å². The highest BCUT2D eigenvalue weighted by Crippen LogP contribution is 2.51. The molecule has 2 unspecified atom stereocenters. The van der Waals surface area contributed by atoms with E-state index in [-0.39, 0.29) is 11.7 Å². The molecule has 0 spiro atoms. The third kappa shape index (κ3) is 2.08. The van der Waals surface area contributed by atoms with Gasteiger partial charge in [0.15, 0.2) is 11.4 Å². The molecule has 0 N–H and O–H groups in total. The van der Waals surface area contributed by atoms with Crippen LogP contribution in [0.5, 0.6) is 0 Å². The predicted octanol–water partition coefficient (Wildman–Crippen LogP) is 3.40. The van der Waals surface area contributed by atoms with Gasteiger partial charge in [0.1, 0.15) is 0 Å². The van der Waals surface area contributed by atoms with Crippen LogP contribution < -0.4 is 0 Å². The number of rotatable bonds is 6. The van der Waals surface area contributed by atoms with Crippen molar-refractivity contribution in [1.29, 1.82) is 0 Å². The molecule has 2 fully saturated rings. The van der Waals surface area contributed by atoms with E-state index >= 15 is 0 Å². The molecule has 1 saturated carbocycles. The van der Waals surface area contributed by atoms with Crippen LogP contribution in [0.1, 0.15) is 58.8 Å². The summed E-state index contributed by atoms with van der Waals surface area (Å²) < 4.78 is 5.54. The normalized spacial score (nSPS) is 31.0. The Morgan fingerprint density at radius 3 is 2.69 bits per heavy atom. The van der Waals surface area contributed by atoms with Crippen LogP contribution in [0.25, 0.3) is 0 Å². The number of ether oxygens (including phenoxy) is 1. The van der Waals surface area contributed by atoms with Crippen LogP contribution in [0.3, 0.4) is 0 Å². The van der Waals surface area contributed by atoms with Crippen LogP contribution in [0.4, 0.5) is 0 Å². The second kappa shape index (κ2) is 4.70. The number of hydrogen-bond acceptors (Lipinski definition) is 2. The van der Waals surface area contributed by atoms with Gasteiger partial charge >= 0.3 is 0 Å². The summed E-state index contributed by atoms with van der Waals surface area (Å²) in [5.74, 6) is 0.345. The number of carbonyl (C=O) groups excluding carboxylic acids is 1. The number of carbonyl (C=O) groups is 1. The summed E-state index contributed by atoms with van der Waals surface area (Å²) >= 11 is 0. The van der Waals surface area contributed by atoms with E-state index < -0.39 is 0 Å². The minimum absolute atomic E-state index is 0.279. The van der Waals surface area contributed by atoms with Gasteiger partial charge in [-0.2, -0.15) is 0 Å². The summed E-state index contributed by atoms with van der Waals surface area (Å²) in [4.78, 5) is 12.0. The third-order valence-corrected chi connectivity index (χ3v) is 4.01. The van der Waals surface area contributed by atoms with E-state index in [1.807, 2.05) is 0 Å². The highest BCUT2D eigenvalue weighted by atomic mass is 16.6. The molecule has 0 amide bonds. The first-order chi connectivity index (χ1) is 7.73. The number of epoxide rings is 1. The molecule has 2 heteroatoms. The number of ketones is 1. The average molecular weight is 222 g/mol. The minimum Gasteiger partial charge on any atom is -0.358 e. The molecule has 1 aliphatic heterocycles. The fraction of sp³-hybridized carbons (Fsp3) is 0.786. The van der Waals surface area contributed by atoms with Crippen molar-refractivity contribution in [2.45, 2.75) is 70.5 Å². The number of hydrogen-bond donors (Lipinski definition) is 0. The summed E-state index contributed by atoms with van der Waals surface area (Å²) in [6, 6.07) is 0. The van der Waals surface area contributed by atoms with Gasteiger partial charge in [-0.05, 0) is 38.5 Å². The molecule has 2 atom stereocenters. The lowest BCUT2D eigenvalue weighted by Gasteiger charge is -2.06. The average Bonchev–Trinajstić information content (AvgIpc) is 2.88. The Bertz CT molecular complexity index is 300. The lowest BCUT2D eigenvalue weighted by atomic mass is 9.97. The van der Waals surface area contributed by atoms with Crippen LogP contribution >= 0.6 is 0 Å². The number of fused-ring (bicyclic) bond motifs is 1. The maximum Gasteiger partial charge on any atom is 0.167 e. The molecule has 0 aromatic carbocycles. The second-order valence-corrected chi connectivity index (χ2v) is 4.92. The molecule has 0 aromatic heterocycles. The summed E-state index contributed by atoms with van der Waals surface area (Å²) in [6.45, 7) is 4.35. The van der Waals surface area contributed by atoms with Crippen molar-refractivity contribution in [2.75, 3.05) is 0 Å². The molecule has 1 saturated heterocycles. The van der Waals surface area contributed by atoms with Gasteiger partial charge in [-0.3, -0.25) is 4.79 Å². The Morgan fingerprint density at radius 2 is 2.19 bits per heavy atom. The van der Waals surface area contributed by atoms with E-state index in [9.17, 15) is 4.79 Å². The predicted molar refractivity (Wildman–Crippen MR) is 64.4 cm³/mol. The molecule has 0 aromatic rings. The highest BCUT2D eigenvalue weighted by molar-refractivity contribution is 5.91. The zero-order chi connectivity index (χ0) is 11.6. The zero-order valence-corrected chi connectivity index (χ0v) is 10.4. The minimum atomic E-state index is -0.313. The molecule has 0 bridgehead atoms. The van der Waals surface area contributed by atoms with Crippen molar-refractivity contribution in [1.82, 2.24) is 0 Å². The van der Waals surface area contributed by atoms with Crippen molar-refractivity contribution in [3.8, 4) is 0 Å². The molecule has 0 radical (unpaired) electrons. The van der Waals surface area contributed by atoms with Gasteiger partial charge in [0.05, 0.1) is 6.10 Å². The van der Waals surface area contributed by atoms with Gasteiger partial charge < -0.3 is 4.74 Å². The van der Waals surface area contributed by atoms with E-state index in [0.717, 1.165) is 32.1 Å². The Morgan fingerprint density at radius 1 is 1.44 bits per heavy atom. The molecule has 1 heterocycles. The number of Topliss-reactive ketones (excluding diaryl/α,β-unsaturated/α-hetero) is 1. The van der Waals surface area contributed by atoms with E-state index in [1.54, 1.807) is 0 Å². The Labute approximate surface area is 98.1 Å². The molecule has 16 heavy (non-hydrogen) atoms. The van der Waals surface area contributed by atoms with E-state index in [0.29, 0.717) is 12.2 Å². The fourth-order valence-corrected chi connectivity index (χ4v) is 2.82. The quantitative estimate of drug-likeness (QED) is 0.509. The summed E-state index contributed by atoms with van der Waals surface area (Å²) in [6.07, 6.45) is 9.52. The van der Waals surface area contributed by atoms with Crippen molar-refractivity contribution in [2.24, 2.45) is 0 Å². The maximum atomic E-state index is 12.0. The molecule has 90 valence electrons. The van der Waals surface area contributed by atoms with Crippen LogP contribution in [0, 0.1) is 0 Å². The summed E-state index contributed by atoms with van der Waals surface area (Å²) in [5.41, 5.74) is 1.15. The van der Waals surface area contributed by atoms with Gasteiger partial charge in [-0.25, -0.2) is 0 Å². The molecule has 2 rings (SSSR count). The van der Waals surface area contributed by atoms with E-state index in [4.69, 9.17) is 4.74 Å². The first-order valence-corrected chi connectivity index (χ1v) is 6.62. The lowest BCUT2D eigenvalue weighted by molar-refractivity contribution is -0.124. The molecular weight excluding hydrogens is 200 g/mol. The zero-order valence-electron chi connectivity index (χ0n) is 10.4. The van der Waals surface area contributed by atoms with Crippen molar-refractivity contribution < 1.29 is 9.53 Å². The Hall–Kier alpha value is -0.630. The van der Waals surface area contributed by atoms with Gasteiger partial charge in [0.2, 0.25) is 0 Å². The van der Waals surface area contributed by atoms with Gasteiger partial charge in [-0.1, -0.05) is 25.5 Å². The molecule has 2 aliphatic rings. The van der Waals surface area contributed by atoms with Crippen LogP contribution in [0.15, 0.2) is 11.6 Å². The maximum absolute atomic E-state index is 12.0. The third-order valence-electron chi connectivity index (χ3n) is 4.01. The fourth-order valence-electron chi connectivity index (χ4n) is 2.82. The monoisotopic (exact) mass is 222 g/mol.